The summed E-state index contributed by atoms with van der Waals surface area (Å²) >= 11 is 1.35. The number of nitrogens with one attached hydrogen (secondary N) is 1. The minimum absolute atomic E-state index is 0.142. The number of ether oxygens (including phenoxy) is 2. The van der Waals surface area contributed by atoms with Crippen LogP contribution in [0.25, 0.3) is 0 Å². The molecule has 132 valence electrons. The molecule has 1 amide bonds. The van der Waals surface area contributed by atoms with Gasteiger partial charge in [-0.25, -0.2) is 0 Å². The Morgan fingerprint density at radius 1 is 1.08 bits per heavy atom. The number of hydrogen-bond acceptors (Lipinski definition) is 5. The van der Waals surface area contributed by atoms with Crippen LogP contribution in [0.15, 0.2) is 47.4 Å². The van der Waals surface area contributed by atoms with E-state index in [1.165, 1.54) is 11.8 Å². The molecule has 1 N–H and O–H groups in total. The van der Waals surface area contributed by atoms with Crippen LogP contribution in [-0.4, -0.2) is 31.3 Å². The van der Waals surface area contributed by atoms with Crippen LogP contribution in [0.2, 0.25) is 0 Å². The number of aryl methyl sites for hydroxylation is 2. The Morgan fingerprint density at radius 2 is 1.80 bits per heavy atom. The summed E-state index contributed by atoms with van der Waals surface area (Å²) in [5.41, 5.74) is 2.74. The second-order valence-corrected chi connectivity index (χ2v) is 6.54. The summed E-state index contributed by atoms with van der Waals surface area (Å²) in [6.45, 7) is 3.56. The first-order valence-electron chi connectivity index (χ1n) is 7.77. The van der Waals surface area contributed by atoms with Gasteiger partial charge < -0.3 is 14.8 Å². The zero-order valence-electron chi connectivity index (χ0n) is 14.5. The van der Waals surface area contributed by atoms with Crippen molar-refractivity contribution in [3.8, 4) is 5.75 Å². The zero-order valence-corrected chi connectivity index (χ0v) is 15.3. The molecule has 5 nitrogen and oxygen atoms in total. The van der Waals surface area contributed by atoms with Gasteiger partial charge in [0.05, 0.1) is 12.9 Å². The highest BCUT2D eigenvalue weighted by molar-refractivity contribution is 8.00. The maximum absolute atomic E-state index is 11.9. The number of thioether (sulfide) groups is 1. The fourth-order valence-corrected chi connectivity index (χ4v) is 2.76. The summed E-state index contributed by atoms with van der Waals surface area (Å²) < 4.78 is 10.1. The van der Waals surface area contributed by atoms with Crippen LogP contribution in [0.5, 0.6) is 5.75 Å². The van der Waals surface area contributed by atoms with Gasteiger partial charge in [-0.05, 0) is 55.3 Å². The molecule has 0 spiro atoms. The summed E-state index contributed by atoms with van der Waals surface area (Å²) in [7, 11) is 1.60. The third kappa shape index (κ3) is 6.15. The van der Waals surface area contributed by atoms with Crippen molar-refractivity contribution in [2.24, 2.45) is 0 Å². The lowest BCUT2D eigenvalue weighted by Crippen LogP contribution is -2.22. The molecule has 0 aliphatic carbocycles. The molecule has 0 radical (unpaired) electrons. The van der Waals surface area contributed by atoms with E-state index in [1.807, 2.05) is 56.3 Å². The van der Waals surface area contributed by atoms with Crippen LogP contribution in [0.1, 0.15) is 11.1 Å². The number of rotatable bonds is 7. The number of benzene rings is 2. The minimum Gasteiger partial charge on any atom is -0.497 e. The van der Waals surface area contributed by atoms with E-state index in [-0.39, 0.29) is 18.3 Å². The Balaban J connectivity index is 1.75. The Bertz CT molecular complexity index is 744. The molecule has 0 aliphatic rings. The van der Waals surface area contributed by atoms with Gasteiger partial charge in [-0.3, -0.25) is 9.59 Å². The number of esters is 1. The smallest absolute Gasteiger partial charge is 0.316 e. The molecule has 6 heteroatoms. The van der Waals surface area contributed by atoms with Crippen LogP contribution in [-0.2, 0) is 14.3 Å². The van der Waals surface area contributed by atoms with Crippen molar-refractivity contribution in [2.75, 3.05) is 24.8 Å². The highest BCUT2D eigenvalue weighted by Gasteiger charge is 2.10. The van der Waals surface area contributed by atoms with Crippen molar-refractivity contribution in [2.45, 2.75) is 18.7 Å². The standard InChI is InChI=1S/C19H21NO4S/c1-13-4-5-14(2)17(10-13)20-18(21)11-24-19(22)12-25-16-8-6-15(23-3)7-9-16/h4-10H,11-12H2,1-3H3,(H,20,21). The Kier molecular flexibility index (Phi) is 6.89. The van der Waals surface area contributed by atoms with E-state index in [4.69, 9.17) is 9.47 Å². The van der Waals surface area contributed by atoms with E-state index in [1.54, 1.807) is 7.11 Å². The van der Waals surface area contributed by atoms with Gasteiger partial charge in [0, 0.05) is 10.6 Å². The number of anilines is 1. The van der Waals surface area contributed by atoms with Gasteiger partial charge in [-0.15, -0.1) is 11.8 Å². The molecule has 0 bridgehead atoms. The molecule has 2 aromatic rings. The molecule has 0 atom stereocenters. The third-order valence-corrected chi connectivity index (χ3v) is 4.43. The van der Waals surface area contributed by atoms with E-state index >= 15 is 0 Å². The van der Waals surface area contributed by atoms with Crippen molar-refractivity contribution < 1.29 is 19.1 Å². The van der Waals surface area contributed by atoms with Crippen molar-refractivity contribution in [3.63, 3.8) is 0 Å². The fourth-order valence-electron chi connectivity index (χ4n) is 2.06. The average molecular weight is 359 g/mol. The Labute approximate surface area is 151 Å². The molecular formula is C19H21NO4S. The largest absolute Gasteiger partial charge is 0.497 e. The molecule has 0 heterocycles. The van der Waals surface area contributed by atoms with Gasteiger partial charge >= 0.3 is 5.97 Å². The molecule has 0 fully saturated rings. The lowest BCUT2D eigenvalue weighted by atomic mass is 10.1. The second-order valence-electron chi connectivity index (χ2n) is 5.49. The number of methoxy groups -OCH3 is 1. The zero-order chi connectivity index (χ0) is 18.2. The lowest BCUT2D eigenvalue weighted by molar-refractivity contribution is -0.144. The topological polar surface area (TPSA) is 64.6 Å². The van der Waals surface area contributed by atoms with Crippen LogP contribution in [0.4, 0.5) is 5.69 Å². The maximum Gasteiger partial charge on any atom is 0.316 e. The van der Waals surface area contributed by atoms with Crippen LogP contribution in [0.3, 0.4) is 0 Å². The molecule has 25 heavy (non-hydrogen) atoms. The monoisotopic (exact) mass is 359 g/mol. The van der Waals surface area contributed by atoms with Crippen molar-refractivity contribution in [3.05, 3.63) is 53.6 Å². The first kappa shape index (κ1) is 18.9. The molecule has 0 saturated carbocycles. The van der Waals surface area contributed by atoms with Crippen molar-refractivity contribution >= 4 is 29.3 Å². The van der Waals surface area contributed by atoms with Gasteiger partial charge in [0.15, 0.2) is 6.61 Å². The molecule has 2 rings (SSSR count). The number of carbonyl (C=O) groups is 2. The van der Waals surface area contributed by atoms with E-state index in [0.717, 1.165) is 27.5 Å². The average Bonchev–Trinajstić information content (AvgIpc) is 2.61. The molecule has 0 aromatic heterocycles. The van der Waals surface area contributed by atoms with Crippen molar-refractivity contribution in [1.82, 2.24) is 0 Å². The van der Waals surface area contributed by atoms with E-state index in [2.05, 4.69) is 5.32 Å². The van der Waals surface area contributed by atoms with Gasteiger partial charge in [-0.2, -0.15) is 0 Å². The molecule has 0 saturated heterocycles. The lowest BCUT2D eigenvalue weighted by Gasteiger charge is -2.10. The normalized spacial score (nSPS) is 10.2. The summed E-state index contributed by atoms with van der Waals surface area (Å²) in [6.07, 6.45) is 0. The van der Waals surface area contributed by atoms with Crippen LogP contribution >= 0.6 is 11.8 Å². The SMILES string of the molecule is COc1ccc(SCC(=O)OCC(=O)Nc2cc(C)ccc2C)cc1. The van der Waals surface area contributed by atoms with E-state index in [0.29, 0.717) is 0 Å². The second kappa shape index (κ2) is 9.13. The fraction of sp³-hybridized carbons (Fsp3) is 0.263. The van der Waals surface area contributed by atoms with E-state index in [9.17, 15) is 9.59 Å². The number of hydrogen-bond donors (Lipinski definition) is 1. The molecule has 0 aliphatic heterocycles. The van der Waals surface area contributed by atoms with Gasteiger partial charge in [-0.1, -0.05) is 12.1 Å². The predicted molar refractivity (Wildman–Crippen MR) is 99.2 cm³/mol. The van der Waals surface area contributed by atoms with Gasteiger partial charge in [0.2, 0.25) is 0 Å². The molecule has 2 aromatic carbocycles. The first-order chi connectivity index (χ1) is 12.0. The minimum atomic E-state index is -0.433. The Hall–Kier alpha value is -2.47. The first-order valence-corrected chi connectivity index (χ1v) is 8.76. The summed E-state index contributed by atoms with van der Waals surface area (Å²) in [4.78, 5) is 24.6. The molecule has 0 unspecified atom stereocenters. The van der Waals surface area contributed by atoms with Gasteiger partial charge in [0.25, 0.3) is 5.91 Å². The van der Waals surface area contributed by atoms with Crippen molar-refractivity contribution in [1.29, 1.82) is 0 Å². The summed E-state index contributed by atoms with van der Waals surface area (Å²) in [6, 6.07) is 13.2. The summed E-state index contributed by atoms with van der Waals surface area (Å²) in [5.74, 6) is 0.117. The van der Waals surface area contributed by atoms with E-state index < -0.39 is 5.97 Å². The third-order valence-electron chi connectivity index (χ3n) is 3.45. The summed E-state index contributed by atoms with van der Waals surface area (Å²) in [5, 5.41) is 2.76. The Morgan fingerprint density at radius 3 is 2.48 bits per heavy atom. The predicted octanol–water partition coefficient (Wildman–Crippen LogP) is 3.59. The highest BCUT2D eigenvalue weighted by Crippen LogP contribution is 2.21. The number of amides is 1. The van der Waals surface area contributed by atoms with Gasteiger partial charge in [0.1, 0.15) is 5.75 Å². The molecular weight excluding hydrogens is 338 g/mol. The maximum atomic E-state index is 11.9. The van der Waals surface area contributed by atoms with Crippen LogP contribution in [0, 0.1) is 13.8 Å². The quantitative estimate of drug-likeness (QED) is 0.605. The number of carbonyl (C=O) groups excluding carboxylic acids is 2. The highest BCUT2D eigenvalue weighted by atomic mass is 32.2. The van der Waals surface area contributed by atoms with Crippen LogP contribution < -0.4 is 10.1 Å².